The monoisotopic (exact) mass is 551 g/mol. The van der Waals surface area contributed by atoms with Crippen molar-refractivity contribution in [1.82, 2.24) is 0 Å². The van der Waals surface area contributed by atoms with Crippen molar-refractivity contribution in [3.05, 3.63) is 0 Å². The Bertz CT molecular complexity index is 419. The number of aliphatic hydroxyl groups is 1. The first-order valence-corrected chi connectivity index (χ1v) is 18.9. The molecule has 0 radical (unpaired) electrons. The number of hydrogen-bond acceptors (Lipinski definition) is 1. The van der Waals surface area contributed by atoms with Gasteiger partial charge >= 0.3 is 0 Å². The maximum Gasteiger partial charge on any atom is 0.0568 e. The Morgan fingerprint density at radius 1 is 0.282 bits per heavy atom. The van der Waals surface area contributed by atoms with Crippen molar-refractivity contribution in [3.8, 4) is 0 Å². The van der Waals surface area contributed by atoms with Crippen LogP contribution in [0, 0.1) is 5.92 Å². The molecule has 0 aliphatic carbocycles. The topological polar surface area (TPSA) is 20.2 Å². The second-order valence-corrected chi connectivity index (χ2v) is 13.2. The Labute approximate surface area is 249 Å². The summed E-state index contributed by atoms with van der Waals surface area (Å²) in [5.41, 5.74) is 0. The SMILES string of the molecule is CCCCCCCCCCCCCCCCCC(CCCCCCCC)C(O)CCCCCCCCCCC. The van der Waals surface area contributed by atoms with Crippen LogP contribution in [-0.2, 0) is 0 Å². The summed E-state index contributed by atoms with van der Waals surface area (Å²) in [5.74, 6) is 0.562. The maximum absolute atomic E-state index is 11.1. The average Bonchev–Trinajstić information content (AvgIpc) is 2.94. The average molecular weight is 551 g/mol. The fraction of sp³-hybridized carbons (Fsp3) is 1.00. The predicted molar refractivity (Wildman–Crippen MR) is 179 cm³/mol. The van der Waals surface area contributed by atoms with Crippen molar-refractivity contribution in [2.24, 2.45) is 5.92 Å². The van der Waals surface area contributed by atoms with E-state index in [2.05, 4.69) is 20.8 Å². The highest BCUT2D eigenvalue weighted by molar-refractivity contribution is 4.70. The molecule has 0 fully saturated rings. The molecule has 0 rings (SSSR count). The number of hydrogen-bond donors (Lipinski definition) is 1. The van der Waals surface area contributed by atoms with Crippen molar-refractivity contribution in [2.45, 2.75) is 239 Å². The Hall–Kier alpha value is -0.0400. The lowest BCUT2D eigenvalue weighted by Gasteiger charge is -2.23. The molecule has 1 N–H and O–H groups in total. The standard InChI is InChI=1S/C38H78O/c1-4-7-10-13-16-18-19-20-21-22-23-25-26-29-32-35-37(34-31-28-15-12-9-6-3)38(39)36-33-30-27-24-17-14-11-8-5-2/h37-39H,4-36H2,1-3H3. The lowest BCUT2D eigenvalue weighted by molar-refractivity contribution is 0.0829. The number of unbranched alkanes of at least 4 members (excludes halogenated alkanes) is 27. The predicted octanol–water partition coefficient (Wildman–Crippen LogP) is 13.9. The minimum absolute atomic E-state index is 0.0446. The smallest absolute Gasteiger partial charge is 0.0568 e. The van der Waals surface area contributed by atoms with Gasteiger partial charge in [0.2, 0.25) is 0 Å². The Balaban J connectivity index is 3.89. The van der Waals surface area contributed by atoms with Crippen LogP contribution >= 0.6 is 0 Å². The third-order valence-electron chi connectivity index (χ3n) is 9.25. The van der Waals surface area contributed by atoms with Crippen molar-refractivity contribution in [1.29, 1.82) is 0 Å². The van der Waals surface area contributed by atoms with Gasteiger partial charge in [0, 0.05) is 0 Å². The van der Waals surface area contributed by atoms with Crippen LogP contribution in [0.3, 0.4) is 0 Å². The fourth-order valence-corrected chi connectivity index (χ4v) is 6.39. The molecule has 0 aromatic rings. The van der Waals surface area contributed by atoms with Gasteiger partial charge in [0.25, 0.3) is 0 Å². The van der Waals surface area contributed by atoms with Crippen LogP contribution in [0.1, 0.15) is 233 Å². The van der Waals surface area contributed by atoms with E-state index in [0.29, 0.717) is 5.92 Å². The van der Waals surface area contributed by atoms with E-state index in [0.717, 1.165) is 6.42 Å². The van der Waals surface area contributed by atoms with Crippen LogP contribution in [-0.4, -0.2) is 11.2 Å². The van der Waals surface area contributed by atoms with Crippen molar-refractivity contribution in [3.63, 3.8) is 0 Å². The summed E-state index contributed by atoms with van der Waals surface area (Å²) in [6.07, 6.45) is 45.6. The summed E-state index contributed by atoms with van der Waals surface area (Å²) in [5, 5.41) is 11.1. The molecule has 2 atom stereocenters. The minimum atomic E-state index is -0.0446. The Morgan fingerprint density at radius 3 is 0.744 bits per heavy atom. The zero-order chi connectivity index (χ0) is 28.5. The third kappa shape index (κ3) is 30.7. The van der Waals surface area contributed by atoms with Gasteiger partial charge in [-0.1, -0.05) is 213 Å². The highest BCUT2D eigenvalue weighted by atomic mass is 16.3. The van der Waals surface area contributed by atoms with Crippen molar-refractivity contribution < 1.29 is 5.11 Å². The van der Waals surface area contributed by atoms with Gasteiger partial charge in [0.1, 0.15) is 0 Å². The lowest BCUT2D eigenvalue weighted by Crippen LogP contribution is -2.20. The van der Waals surface area contributed by atoms with Crippen LogP contribution < -0.4 is 0 Å². The van der Waals surface area contributed by atoms with Crippen molar-refractivity contribution >= 4 is 0 Å². The third-order valence-corrected chi connectivity index (χ3v) is 9.25. The van der Waals surface area contributed by atoms with Gasteiger partial charge in [-0.2, -0.15) is 0 Å². The summed E-state index contributed by atoms with van der Waals surface area (Å²) in [4.78, 5) is 0. The number of aliphatic hydroxyl groups excluding tert-OH is 1. The molecule has 0 heterocycles. The largest absolute Gasteiger partial charge is 0.393 e. The molecule has 1 heteroatoms. The van der Waals surface area contributed by atoms with Crippen LogP contribution in [0.15, 0.2) is 0 Å². The first-order chi connectivity index (χ1) is 19.3. The van der Waals surface area contributed by atoms with Crippen LogP contribution in [0.4, 0.5) is 0 Å². The summed E-state index contributed by atoms with van der Waals surface area (Å²) >= 11 is 0. The van der Waals surface area contributed by atoms with Crippen LogP contribution in [0.5, 0.6) is 0 Å². The highest BCUT2D eigenvalue weighted by Crippen LogP contribution is 2.25. The maximum atomic E-state index is 11.1. The quantitative estimate of drug-likeness (QED) is 0.0790. The van der Waals surface area contributed by atoms with E-state index >= 15 is 0 Å². The summed E-state index contributed by atoms with van der Waals surface area (Å²) in [6.45, 7) is 6.90. The van der Waals surface area contributed by atoms with Gasteiger partial charge in [0.05, 0.1) is 6.10 Å². The van der Waals surface area contributed by atoms with E-state index < -0.39 is 0 Å². The first kappa shape index (κ1) is 39.0. The van der Waals surface area contributed by atoms with Gasteiger partial charge in [0.15, 0.2) is 0 Å². The molecule has 0 amide bonds. The molecule has 0 aromatic carbocycles. The molecular weight excluding hydrogens is 472 g/mol. The second-order valence-electron chi connectivity index (χ2n) is 13.2. The molecule has 2 unspecified atom stereocenters. The van der Waals surface area contributed by atoms with Crippen LogP contribution in [0.25, 0.3) is 0 Å². The van der Waals surface area contributed by atoms with Gasteiger partial charge < -0.3 is 5.11 Å². The molecule has 236 valence electrons. The molecule has 0 aromatic heterocycles. The molecule has 0 saturated heterocycles. The van der Waals surface area contributed by atoms with Crippen LogP contribution in [0.2, 0.25) is 0 Å². The first-order valence-electron chi connectivity index (χ1n) is 18.9. The van der Waals surface area contributed by atoms with Gasteiger partial charge in [-0.15, -0.1) is 0 Å². The van der Waals surface area contributed by atoms with Gasteiger partial charge in [-0.05, 0) is 25.2 Å². The Kier molecular flexibility index (Phi) is 34.1. The Morgan fingerprint density at radius 2 is 0.487 bits per heavy atom. The summed E-state index contributed by atoms with van der Waals surface area (Å²) in [6, 6.07) is 0. The minimum Gasteiger partial charge on any atom is -0.393 e. The van der Waals surface area contributed by atoms with E-state index in [1.807, 2.05) is 0 Å². The summed E-state index contributed by atoms with van der Waals surface area (Å²) in [7, 11) is 0. The van der Waals surface area contributed by atoms with Crippen molar-refractivity contribution in [2.75, 3.05) is 0 Å². The van der Waals surface area contributed by atoms with E-state index in [1.165, 1.54) is 205 Å². The molecule has 0 aliphatic heterocycles. The fourth-order valence-electron chi connectivity index (χ4n) is 6.39. The van der Waals surface area contributed by atoms with Gasteiger partial charge in [-0.25, -0.2) is 0 Å². The second kappa shape index (κ2) is 34.2. The van der Waals surface area contributed by atoms with E-state index in [1.54, 1.807) is 0 Å². The molecule has 39 heavy (non-hydrogen) atoms. The van der Waals surface area contributed by atoms with E-state index in [-0.39, 0.29) is 6.10 Å². The number of rotatable bonds is 34. The molecule has 0 spiro atoms. The molecular formula is C38H78O. The van der Waals surface area contributed by atoms with E-state index in [9.17, 15) is 5.11 Å². The van der Waals surface area contributed by atoms with E-state index in [4.69, 9.17) is 0 Å². The molecule has 0 bridgehead atoms. The zero-order valence-electron chi connectivity index (χ0n) is 27.9. The molecule has 0 saturated carbocycles. The summed E-state index contributed by atoms with van der Waals surface area (Å²) < 4.78 is 0. The zero-order valence-corrected chi connectivity index (χ0v) is 27.9. The normalized spacial score (nSPS) is 13.2. The van der Waals surface area contributed by atoms with Gasteiger partial charge in [-0.3, -0.25) is 0 Å². The molecule has 1 nitrogen and oxygen atoms in total. The molecule has 0 aliphatic rings. The highest BCUT2D eigenvalue weighted by Gasteiger charge is 2.18. The lowest BCUT2D eigenvalue weighted by atomic mass is 9.87.